The molecule has 0 atom stereocenters. The van der Waals surface area contributed by atoms with Crippen LogP contribution in [0.5, 0.6) is 0 Å². The molecule has 2 aromatic rings. The van der Waals surface area contributed by atoms with E-state index in [-0.39, 0.29) is 0 Å². The first kappa shape index (κ1) is 11.1. The number of anilines is 2. The summed E-state index contributed by atoms with van der Waals surface area (Å²) in [5.41, 5.74) is 8.59. The molecule has 0 amide bonds. The summed E-state index contributed by atoms with van der Waals surface area (Å²) >= 11 is 1.83. The number of benzene rings is 1. The first-order chi connectivity index (χ1) is 7.83. The third-order valence-corrected chi connectivity index (χ3v) is 3.04. The number of nitrogens with two attached hydrogens (primary N) is 1. The number of aromatic nitrogens is 1. The average molecular weight is 233 g/mol. The SMILES string of the molecule is CSCCNc1ccnc2c(N)cccc12. The van der Waals surface area contributed by atoms with Gasteiger partial charge in [0.1, 0.15) is 0 Å². The predicted molar refractivity (Wildman–Crippen MR) is 73.0 cm³/mol. The fourth-order valence-corrected chi connectivity index (χ4v) is 1.95. The summed E-state index contributed by atoms with van der Waals surface area (Å²) in [5, 5.41) is 4.49. The summed E-state index contributed by atoms with van der Waals surface area (Å²) in [6.45, 7) is 0.953. The van der Waals surface area contributed by atoms with Crippen LogP contribution in [0.4, 0.5) is 11.4 Å². The molecule has 0 spiro atoms. The van der Waals surface area contributed by atoms with Crippen molar-refractivity contribution < 1.29 is 0 Å². The summed E-state index contributed by atoms with van der Waals surface area (Å²) in [6.07, 6.45) is 3.89. The van der Waals surface area contributed by atoms with E-state index in [2.05, 4.69) is 16.6 Å². The van der Waals surface area contributed by atoms with Gasteiger partial charge in [0.2, 0.25) is 0 Å². The number of pyridine rings is 1. The first-order valence-electron chi connectivity index (χ1n) is 5.19. The monoisotopic (exact) mass is 233 g/mol. The van der Waals surface area contributed by atoms with Gasteiger partial charge in [0, 0.05) is 29.6 Å². The molecule has 2 rings (SSSR count). The lowest BCUT2D eigenvalue weighted by Crippen LogP contribution is -2.04. The molecule has 0 radical (unpaired) electrons. The highest BCUT2D eigenvalue weighted by Gasteiger charge is 2.03. The van der Waals surface area contributed by atoms with Crippen molar-refractivity contribution >= 4 is 34.0 Å². The number of nitrogen functional groups attached to an aromatic ring is 1. The standard InChI is InChI=1S/C12H15N3S/c1-16-8-7-14-11-5-6-15-12-9(11)3-2-4-10(12)13/h2-6H,7-8,13H2,1H3,(H,14,15). The third kappa shape index (κ3) is 2.22. The zero-order chi connectivity index (χ0) is 11.4. The molecule has 0 fully saturated rings. The Balaban J connectivity index is 2.34. The molecule has 0 aliphatic carbocycles. The fraction of sp³-hybridized carbons (Fsp3) is 0.250. The molecule has 3 N–H and O–H groups in total. The van der Waals surface area contributed by atoms with E-state index in [4.69, 9.17) is 5.73 Å². The van der Waals surface area contributed by atoms with Crippen molar-refractivity contribution in [3.8, 4) is 0 Å². The van der Waals surface area contributed by atoms with Crippen molar-refractivity contribution in [1.82, 2.24) is 4.98 Å². The maximum atomic E-state index is 5.89. The Morgan fingerprint density at radius 2 is 2.25 bits per heavy atom. The number of nitrogens with zero attached hydrogens (tertiary/aromatic N) is 1. The summed E-state index contributed by atoms with van der Waals surface area (Å²) in [7, 11) is 0. The smallest absolute Gasteiger partial charge is 0.0951 e. The average Bonchev–Trinajstić information content (AvgIpc) is 2.31. The van der Waals surface area contributed by atoms with Crippen LogP contribution in [0.25, 0.3) is 10.9 Å². The predicted octanol–water partition coefficient (Wildman–Crippen LogP) is 2.59. The van der Waals surface area contributed by atoms with E-state index in [9.17, 15) is 0 Å². The van der Waals surface area contributed by atoms with Crippen LogP contribution in [-0.4, -0.2) is 23.5 Å². The zero-order valence-electron chi connectivity index (χ0n) is 9.23. The van der Waals surface area contributed by atoms with Crippen LogP contribution in [-0.2, 0) is 0 Å². The molecule has 84 valence electrons. The Hall–Kier alpha value is -1.42. The second-order valence-electron chi connectivity index (χ2n) is 3.52. The number of fused-ring (bicyclic) bond motifs is 1. The van der Waals surface area contributed by atoms with Gasteiger partial charge in [-0.2, -0.15) is 11.8 Å². The highest BCUT2D eigenvalue weighted by molar-refractivity contribution is 7.98. The van der Waals surface area contributed by atoms with Crippen LogP contribution in [0.2, 0.25) is 0 Å². The van der Waals surface area contributed by atoms with E-state index >= 15 is 0 Å². The minimum absolute atomic E-state index is 0.728. The summed E-state index contributed by atoms with van der Waals surface area (Å²) < 4.78 is 0. The highest BCUT2D eigenvalue weighted by atomic mass is 32.2. The molecule has 0 unspecified atom stereocenters. The molecule has 16 heavy (non-hydrogen) atoms. The number of thioether (sulfide) groups is 1. The molecule has 0 saturated heterocycles. The molecule has 0 aliphatic rings. The lowest BCUT2D eigenvalue weighted by Gasteiger charge is -2.09. The maximum Gasteiger partial charge on any atom is 0.0951 e. The Morgan fingerprint density at radius 1 is 1.38 bits per heavy atom. The van der Waals surface area contributed by atoms with E-state index < -0.39 is 0 Å². The second kappa shape index (κ2) is 5.07. The van der Waals surface area contributed by atoms with E-state index in [0.717, 1.165) is 34.6 Å². The summed E-state index contributed by atoms with van der Waals surface area (Å²) in [4.78, 5) is 4.30. The largest absolute Gasteiger partial charge is 0.397 e. The molecule has 0 bridgehead atoms. The number of hydrogen-bond donors (Lipinski definition) is 2. The van der Waals surface area contributed by atoms with Crippen molar-refractivity contribution in [1.29, 1.82) is 0 Å². The van der Waals surface area contributed by atoms with E-state index in [1.165, 1.54) is 0 Å². The van der Waals surface area contributed by atoms with Gasteiger partial charge < -0.3 is 11.1 Å². The number of nitrogens with one attached hydrogen (secondary N) is 1. The summed E-state index contributed by atoms with van der Waals surface area (Å²) in [6, 6.07) is 7.86. The minimum atomic E-state index is 0.728. The van der Waals surface area contributed by atoms with Crippen LogP contribution in [0.1, 0.15) is 0 Å². The zero-order valence-corrected chi connectivity index (χ0v) is 10.1. The van der Waals surface area contributed by atoms with Crippen LogP contribution < -0.4 is 11.1 Å². The van der Waals surface area contributed by atoms with Gasteiger partial charge in [0.25, 0.3) is 0 Å². The lowest BCUT2D eigenvalue weighted by molar-refractivity contribution is 1.23. The number of rotatable bonds is 4. The third-order valence-electron chi connectivity index (χ3n) is 2.42. The Bertz CT molecular complexity index is 485. The molecule has 0 saturated carbocycles. The van der Waals surface area contributed by atoms with Gasteiger partial charge >= 0.3 is 0 Å². The van der Waals surface area contributed by atoms with Crippen LogP contribution in [0.3, 0.4) is 0 Å². The van der Waals surface area contributed by atoms with Gasteiger partial charge in [0.05, 0.1) is 11.2 Å². The normalized spacial score (nSPS) is 10.6. The maximum absolute atomic E-state index is 5.89. The van der Waals surface area contributed by atoms with E-state index in [1.54, 1.807) is 6.20 Å². The van der Waals surface area contributed by atoms with Gasteiger partial charge in [-0.25, -0.2) is 0 Å². The quantitative estimate of drug-likeness (QED) is 0.629. The van der Waals surface area contributed by atoms with E-state index in [0.29, 0.717) is 0 Å². The molecule has 3 nitrogen and oxygen atoms in total. The van der Waals surface area contributed by atoms with Crippen molar-refractivity contribution in [2.24, 2.45) is 0 Å². The van der Waals surface area contributed by atoms with Crippen LogP contribution in [0, 0.1) is 0 Å². The van der Waals surface area contributed by atoms with Crippen LogP contribution in [0.15, 0.2) is 30.5 Å². The van der Waals surface area contributed by atoms with Crippen molar-refractivity contribution in [3.05, 3.63) is 30.5 Å². The highest BCUT2D eigenvalue weighted by Crippen LogP contribution is 2.25. The molecular weight excluding hydrogens is 218 g/mol. The topological polar surface area (TPSA) is 50.9 Å². The van der Waals surface area contributed by atoms with E-state index in [1.807, 2.05) is 36.0 Å². The molecular formula is C12H15N3S. The van der Waals surface area contributed by atoms with Gasteiger partial charge in [0.15, 0.2) is 0 Å². The molecule has 1 aromatic heterocycles. The Kier molecular flexibility index (Phi) is 3.51. The Morgan fingerprint density at radius 3 is 3.06 bits per heavy atom. The lowest BCUT2D eigenvalue weighted by atomic mass is 10.1. The Labute approximate surface area is 99.4 Å². The molecule has 0 aliphatic heterocycles. The van der Waals surface area contributed by atoms with Gasteiger partial charge in [-0.05, 0) is 18.4 Å². The van der Waals surface area contributed by atoms with Gasteiger partial charge in [-0.15, -0.1) is 0 Å². The van der Waals surface area contributed by atoms with Crippen molar-refractivity contribution in [3.63, 3.8) is 0 Å². The number of para-hydroxylation sites is 1. The van der Waals surface area contributed by atoms with Crippen LogP contribution >= 0.6 is 11.8 Å². The minimum Gasteiger partial charge on any atom is -0.397 e. The molecule has 1 aromatic carbocycles. The van der Waals surface area contributed by atoms with Crippen molar-refractivity contribution in [2.45, 2.75) is 0 Å². The van der Waals surface area contributed by atoms with Crippen molar-refractivity contribution in [2.75, 3.05) is 29.6 Å². The molecule has 4 heteroatoms. The molecule has 1 heterocycles. The first-order valence-corrected chi connectivity index (χ1v) is 6.58. The van der Waals surface area contributed by atoms with Gasteiger partial charge in [-0.3, -0.25) is 4.98 Å². The summed E-state index contributed by atoms with van der Waals surface area (Å²) in [5.74, 6) is 1.09. The second-order valence-corrected chi connectivity index (χ2v) is 4.51. The number of hydrogen-bond acceptors (Lipinski definition) is 4. The van der Waals surface area contributed by atoms with Gasteiger partial charge in [-0.1, -0.05) is 12.1 Å². The fourth-order valence-electron chi connectivity index (χ4n) is 1.64.